The van der Waals surface area contributed by atoms with E-state index in [-0.39, 0.29) is 11.5 Å². The summed E-state index contributed by atoms with van der Waals surface area (Å²) in [7, 11) is 1.65. The van der Waals surface area contributed by atoms with Crippen molar-refractivity contribution in [1.29, 1.82) is 0 Å². The highest BCUT2D eigenvalue weighted by molar-refractivity contribution is 5.93. The number of carbonyl (C=O) groups excluding carboxylic acids is 1. The molecule has 1 aliphatic heterocycles. The maximum absolute atomic E-state index is 12.1. The summed E-state index contributed by atoms with van der Waals surface area (Å²) in [5.74, 6) is 0.713. The van der Waals surface area contributed by atoms with Crippen LogP contribution in [0.1, 0.15) is 28.8 Å². The van der Waals surface area contributed by atoms with Gasteiger partial charge in [-0.2, -0.15) is 0 Å². The molecule has 1 fully saturated rings. The molecule has 6 nitrogen and oxygen atoms in total. The third kappa shape index (κ3) is 3.59. The third-order valence-corrected chi connectivity index (χ3v) is 4.06. The lowest BCUT2D eigenvalue weighted by molar-refractivity contribution is 0.0950. The van der Waals surface area contributed by atoms with Gasteiger partial charge in [-0.3, -0.25) is 9.59 Å². The summed E-state index contributed by atoms with van der Waals surface area (Å²) >= 11 is 0. The lowest BCUT2D eigenvalue weighted by atomic mass is 10.2. The lowest BCUT2D eigenvalue weighted by Crippen LogP contribution is -2.26. The molecule has 0 radical (unpaired) electrons. The van der Waals surface area contributed by atoms with Crippen LogP contribution in [0, 0.1) is 0 Å². The summed E-state index contributed by atoms with van der Waals surface area (Å²) < 4.78 is 1.43. The van der Waals surface area contributed by atoms with Gasteiger partial charge in [-0.05, 0) is 36.6 Å². The molecular weight excluding hydrogens is 292 g/mol. The molecular formula is C17H20N4O2. The molecule has 0 aromatic carbocycles. The minimum Gasteiger partial charge on any atom is -0.357 e. The van der Waals surface area contributed by atoms with Gasteiger partial charge in [-0.25, -0.2) is 4.98 Å². The molecule has 0 saturated carbocycles. The number of hydrogen-bond donors (Lipinski definition) is 1. The Morgan fingerprint density at radius 2 is 2.04 bits per heavy atom. The van der Waals surface area contributed by atoms with E-state index < -0.39 is 0 Å². The zero-order valence-corrected chi connectivity index (χ0v) is 13.2. The van der Waals surface area contributed by atoms with Crippen molar-refractivity contribution in [3.05, 3.63) is 58.1 Å². The van der Waals surface area contributed by atoms with Crippen molar-refractivity contribution < 1.29 is 4.79 Å². The molecule has 0 bridgehead atoms. The van der Waals surface area contributed by atoms with Gasteiger partial charge < -0.3 is 14.8 Å². The number of nitrogens with one attached hydrogen (secondary N) is 1. The minimum atomic E-state index is -0.248. The second-order valence-corrected chi connectivity index (χ2v) is 5.76. The molecule has 3 rings (SSSR count). The first-order valence-electron chi connectivity index (χ1n) is 7.78. The fourth-order valence-corrected chi connectivity index (χ4v) is 2.66. The Labute approximate surface area is 134 Å². The number of rotatable bonds is 4. The number of anilines is 1. The fourth-order valence-electron chi connectivity index (χ4n) is 2.66. The van der Waals surface area contributed by atoms with Gasteiger partial charge in [0.15, 0.2) is 0 Å². The topological polar surface area (TPSA) is 67.2 Å². The Balaban J connectivity index is 1.65. The number of aryl methyl sites for hydroxylation is 1. The monoisotopic (exact) mass is 312 g/mol. The Kier molecular flexibility index (Phi) is 4.41. The molecule has 1 amide bonds. The van der Waals surface area contributed by atoms with E-state index in [1.54, 1.807) is 25.5 Å². The number of carbonyl (C=O) groups is 1. The zero-order chi connectivity index (χ0) is 16.2. The number of pyridine rings is 2. The second-order valence-electron chi connectivity index (χ2n) is 5.76. The molecule has 1 N–H and O–H groups in total. The molecule has 0 aliphatic carbocycles. The first kappa shape index (κ1) is 15.3. The van der Waals surface area contributed by atoms with Crippen LogP contribution in [0.3, 0.4) is 0 Å². The van der Waals surface area contributed by atoms with Gasteiger partial charge in [-0.15, -0.1) is 0 Å². The van der Waals surface area contributed by atoms with Crippen molar-refractivity contribution in [1.82, 2.24) is 14.9 Å². The van der Waals surface area contributed by atoms with Crippen molar-refractivity contribution in [2.75, 3.05) is 18.0 Å². The molecule has 6 heteroatoms. The Morgan fingerprint density at radius 3 is 2.78 bits per heavy atom. The average Bonchev–Trinajstić information content (AvgIpc) is 3.10. The van der Waals surface area contributed by atoms with Crippen molar-refractivity contribution >= 4 is 11.7 Å². The first-order chi connectivity index (χ1) is 11.1. The molecule has 0 spiro atoms. The highest BCUT2D eigenvalue weighted by atomic mass is 16.2. The Hall–Kier alpha value is -2.63. The lowest BCUT2D eigenvalue weighted by Gasteiger charge is -2.17. The highest BCUT2D eigenvalue weighted by Gasteiger charge is 2.14. The predicted octanol–water partition coefficient (Wildman–Crippen LogP) is 1.31. The third-order valence-electron chi connectivity index (χ3n) is 4.06. The van der Waals surface area contributed by atoms with E-state index in [0.717, 1.165) is 24.5 Å². The number of amides is 1. The van der Waals surface area contributed by atoms with Crippen molar-refractivity contribution in [3.63, 3.8) is 0 Å². The SMILES string of the molecule is Cn1ccc(C(=O)NCc2ccnc(N3CCCC3)c2)cc1=O. The van der Waals surface area contributed by atoms with Crippen molar-refractivity contribution in [2.24, 2.45) is 7.05 Å². The Bertz CT molecular complexity index is 763. The van der Waals surface area contributed by atoms with Gasteiger partial charge >= 0.3 is 0 Å². The van der Waals surface area contributed by atoms with E-state index in [2.05, 4.69) is 15.2 Å². The van der Waals surface area contributed by atoms with Gasteiger partial charge in [0.05, 0.1) is 0 Å². The van der Waals surface area contributed by atoms with Crippen molar-refractivity contribution in [2.45, 2.75) is 19.4 Å². The van der Waals surface area contributed by atoms with Crippen LogP contribution >= 0.6 is 0 Å². The van der Waals surface area contributed by atoms with Gasteiger partial charge in [-0.1, -0.05) is 0 Å². The smallest absolute Gasteiger partial charge is 0.251 e. The van der Waals surface area contributed by atoms with Gasteiger partial charge in [0.2, 0.25) is 0 Å². The number of nitrogens with zero attached hydrogens (tertiary/aromatic N) is 3. The summed E-state index contributed by atoms with van der Waals surface area (Å²) in [6, 6.07) is 6.88. The molecule has 1 saturated heterocycles. The quantitative estimate of drug-likeness (QED) is 0.924. The predicted molar refractivity (Wildman–Crippen MR) is 88.5 cm³/mol. The van der Waals surface area contributed by atoms with Crippen LogP contribution in [0.4, 0.5) is 5.82 Å². The summed E-state index contributed by atoms with van der Waals surface area (Å²) in [5, 5.41) is 2.85. The van der Waals surface area contributed by atoms with Gasteiger partial charge in [0.25, 0.3) is 11.5 Å². The van der Waals surface area contributed by atoms with E-state index >= 15 is 0 Å². The van der Waals surface area contributed by atoms with E-state index in [9.17, 15) is 9.59 Å². The van der Waals surface area contributed by atoms with Crippen molar-refractivity contribution in [3.8, 4) is 0 Å². The van der Waals surface area contributed by atoms with Crippen LogP contribution in [0.15, 0.2) is 41.5 Å². The summed E-state index contributed by atoms with van der Waals surface area (Å²) in [6.07, 6.45) is 5.76. The molecule has 3 heterocycles. The summed E-state index contributed by atoms with van der Waals surface area (Å²) in [5.41, 5.74) is 1.18. The van der Waals surface area contributed by atoms with Crippen LogP contribution in [0.2, 0.25) is 0 Å². The van der Waals surface area contributed by atoms with E-state index in [1.165, 1.54) is 23.5 Å². The van der Waals surface area contributed by atoms with Gasteiger partial charge in [0.1, 0.15) is 5.82 Å². The van der Waals surface area contributed by atoms with E-state index in [1.807, 2.05) is 12.1 Å². The summed E-state index contributed by atoms with van der Waals surface area (Å²) in [6.45, 7) is 2.49. The molecule has 120 valence electrons. The molecule has 23 heavy (non-hydrogen) atoms. The van der Waals surface area contributed by atoms with Gasteiger partial charge in [0, 0.05) is 50.7 Å². The van der Waals surface area contributed by atoms with E-state index in [0.29, 0.717) is 12.1 Å². The molecule has 2 aromatic heterocycles. The first-order valence-corrected chi connectivity index (χ1v) is 7.78. The molecule has 0 atom stereocenters. The normalized spacial score (nSPS) is 14.0. The maximum Gasteiger partial charge on any atom is 0.251 e. The molecule has 0 unspecified atom stereocenters. The number of hydrogen-bond acceptors (Lipinski definition) is 4. The largest absolute Gasteiger partial charge is 0.357 e. The average molecular weight is 312 g/mol. The molecule has 2 aromatic rings. The standard InChI is InChI=1S/C17H20N4O2/c1-20-9-5-14(11-16(20)22)17(23)19-12-13-4-6-18-15(10-13)21-7-2-3-8-21/h4-6,9-11H,2-3,7-8,12H2,1H3,(H,19,23). The second kappa shape index (κ2) is 6.64. The maximum atomic E-state index is 12.1. The highest BCUT2D eigenvalue weighted by Crippen LogP contribution is 2.18. The van der Waals surface area contributed by atoms with Crippen LogP contribution in [-0.2, 0) is 13.6 Å². The number of aromatic nitrogens is 2. The molecule has 1 aliphatic rings. The Morgan fingerprint density at radius 1 is 1.26 bits per heavy atom. The summed E-state index contributed by atoms with van der Waals surface area (Å²) in [4.78, 5) is 30.4. The zero-order valence-electron chi connectivity index (χ0n) is 13.2. The van der Waals surface area contributed by atoms with E-state index in [4.69, 9.17) is 0 Å². The van der Waals surface area contributed by atoms with Crippen LogP contribution < -0.4 is 15.8 Å². The fraction of sp³-hybridized carbons (Fsp3) is 0.353. The minimum absolute atomic E-state index is 0.196. The van der Waals surface area contributed by atoms with Crippen LogP contribution in [0.25, 0.3) is 0 Å². The van der Waals surface area contributed by atoms with Crippen LogP contribution in [0.5, 0.6) is 0 Å². The van der Waals surface area contributed by atoms with Crippen LogP contribution in [-0.4, -0.2) is 28.5 Å².